The smallest absolute Gasteiger partial charge is 0.138 e. The van der Waals surface area contributed by atoms with E-state index in [1.807, 2.05) is 10.8 Å². The number of rotatable bonds is 12. The molecule has 0 aliphatic rings. The SMILES string of the molecule is C=Cc1ccc(Cn2ncnc2CCCCCCCCCC)cc1. The van der Waals surface area contributed by atoms with Gasteiger partial charge in [0.2, 0.25) is 0 Å². The third-order valence-electron chi connectivity index (χ3n) is 4.50. The molecule has 2 aromatic rings. The molecule has 130 valence electrons. The predicted octanol–water partition coefficient (Wildman–Crippen LogP) is 5.65. The standard InChI is InChI=1S/C21H31N3/c1-3-5-6-7-8-9-10-11-12-21-22-18-23-24(21)17-20-15-13-19(4-2)14-16-20/h4,13-16,18H,2-3,5-12,17H2,1H3. The minimum absolute atomic E-state index is 0.795. The number of aromatic nitrogens is 3. The molecule has 0 aliphatic heterocycles. The average Bonchev–Trinajstić information content (AvgIpc) is 3.05. The first-order valence-corrected chi connectivity index (χ1v) is 9.41. The second-order valence-corrected chi connectivity index (χ2v) is 6.50. The van der Waals surface area contributed by atoms with Crippen molar-refractivity contribution in [3.8, 4) is 0 Å². The molecular weight excluding hydrogens is 294 g/mol. The molecule has 0 saturated carbocycles. The Kier molecular flexibility index (Phi) is 8.29. The van der Waals surface area contributed by atoms with E-state index in [9.17, 15) is 0 Å². The van der Waals surface area contributed by atoms with Crippen molar-refractivity contribution in [2.45, 2.75) is 71.3 Å². The lowest BCUT2D eigenvalue weighted by molar-refractivity contribution is 0.559. The molecule has 0 unspecified atom stereocenters. The van der Waals surface area contributed by atoms with Crippen LogP contribution in [-0.4, -0.2) is 14.8 Å². The van der Waals surface area contributed by atoms with Crippen molar-refractivity contribution >= 4 is 6.08 Å². The fourth-order valence-corrected chi connectivity index (χ4v) is 2.96. The monoisotopic (exact) mass is 325 g/mol. The summed E-state index contributed by atoms with van der Waals surface area (Å²) < 4.78 is 2.03. The first-order valence-electron chi connectivity index (χ1n) is 9.41. The fraction of sp³-hybridized carbons (Fsp3) is 0.524. The fourth-order valence-electron chi connectivity index (χ4n) is 2.96. The van der Waals surface area contributed by atoms with Gasteiger partial charge in [-0.3, -0.25) is 0 Å². The molecule has 1 heterocycles. The molecule has 24 heavy (non-hydrogen) atoms. The van der Waals surface area contributed by atoms with E-state index in [-0.39, 0.29) is 0 Å². The Labute approximate surface area is 146 Å². The van der Waals surface area contributed by atoms with Gasteiger partial charge in [-0.25, -0.2) is 9.67 Å². The summed E-state index contributed by atoms with van der Waals surface area (Å²) in [6, 6.07) is 8.46. The van der Waals surface area contributed by atoms with E-state index >= 15 is 0 Å². The summed E-state index contributed by atoms with van der Waals surface area (Å²) in [7, 11) is 0. The molecule has 0 radical (unpaired) electrons. The number of hydrogen-bond acceptors (Lipinski definition) is 2. The van der Waals surface area contributed by atoms with Gasteiger partial charge in [0.25, 0.3) is 0 Å². The van der Waals surface area contributed by atoms with Gasteiger partial charge >= 0.3 is 0 Å². The van der Waals surface area contributed by atoms with E-state index in [1.165, 1.54) is 56.9 Å². The van der Waals surface area contributed by atoms with E-state index in [0.717, 1.165) is 24.4 Å². The zero-order valence-electron chi connectivity index (χ0n) is 15.1. The van der Waals surface area contributed by atoms with Crippen LogP contribution in [0.5, 0.6) is 0 Å². The Morgan fingerprint density at radius 3 is 2.29 bits per heavy atom. The lowest BCUT2D eigenvalue weighted by Gasteiger charge is -2.07. The number of hydrogen-bond donors (Lipinski definition) is 0. The van der Waals surface area contributed by atoms with Gasteiger partial charge in [0.05, 0.1) is 6.54 Å². The van der Waals surface area contributed by atoms with E-state index in [4.69, 9.17) is 0 Å². The average molecular weight is 326 g/mol. The van der Waals surface area contributed by atoms with Crippen molar-refractivity contribution in [2.24, 2.45) is 0 Å². The minimum atomic E-state index is 0.795. The highest BCUT2D eigenvalue weighted by Crippen LogP contribution is 2.12. The minimum Gasteiger partial charge on any atom is -0.246 e. The van der Waals surface area contributed by atoms with Crippen LogP contribution in [0.4, 0.5) is 0 Å². The molecule has 0 fully saturated rings. The summed E-state index contributed by atoms with van der Waals surface area (Å²) in [5.41, 5.74) is 2.40. The van der Waals surface area contributed by atoms with Gasteiger partial charge in [0.15, 0.2) is 0 Å². The van der Waals surface area contributed by atoms with Crippen LogP contribution in [0, 0.1) is 0 Å². The first-order chi connectivity index (χ1) is 11.8. The van der Waals surface area contributed by atoms with Crippen LogP contribution in [0.25, 0.3) is 6.08 Å². The van der Waals surface area contributed by atoms with E-state index in [0.29, 0.717) is 0 Å². The van der Waals surface area contributed by atoms with E-state index in [2.05, 4.69) is 47.9 Å². The van der Waals surface area contributed by atoms with Crippen LogP contribution in [-0.2, 0) is 13.0 Å². The van der Waals surface area contributed by atoms with Gasteiger partial charge in [-0.15, -0.1) is 0 Å². The summed E-state index contributed by atoms with van der Waals surface area (Å²) in [6.45, 7) is 6.86. The van der Waals surface area contributed by atoms with Crippen LogP contribution in [0.15, 0.2) is 37.2 Å². The maximum absolute atomic E-state index is 4.44. The second-order valence-electron chi connectivity index (χ2n) is 6.50. The highest BCUT2D eigenvalue weighted by atomic mass is 15.3. The number of aryl methyl sites for hydroxylation is 1. The van der Waals surface area contributed by atoms with Gasteiger partial charge < -0.3 is 0 Å². The highest BCUT2D eigenvalue weighted by Gasteiger charge is 2.05. The van der Waals surface area contributed by atoms with E-state index < -0.39 is 0 Å². The largest absolute Gasteiger partial charge is 0.246 e. The molecule has 0 bridgehead atoms. The Bertz CT molecular complexity index is 583. The topological polar surface area (TPSA) is 30.7 Å². The number of nitrogens with zero attached hydrogens (tertiary/aromatic N) is 3. The van der Waals surface area contributed by atoms with Crippen LogP contribution < -0.4 is 0 Å². The Morgan fingerprint density at radius 1 is 0.958 bits per heavy atom. The van der Waals surface area contributed by atoms with Gasteiger partial charge in [-0.2, -0.15) is 5.10 Å². The van der Waals surface area contributed by atoms with Gasteiger partial charge in [-0.05, 0) is 17.5 Å². The van der Waals surface area contributed by atoms with Crippen LogP contribution in [0.2, 0.25) is 0 Å². The summed E-state index contributed by atoms with van der Waals surface area (Å²) in [4.78, 5) is 4.44. The Morgan fingerprint density at radius 2 is 1.62 bits per heavy atom. The zero-order chi connectivity index (χ0) is 17.0. The molecule has 1 aromatic heterocycles. The lowest BCUT2D eigenvalue weighted by Crippen LogP contribution is -2.07. The highest BCUT2D eigenvalue weighted by molar-refractivity contribution is 5.47. The van der Waals surface area contributed by atoms with E-state index in [1.54, 1.807) is 6.33 Å². The van der Waals surface area contributed by atoms with Crippen molar-refractivity contribution in [1.82, 2.24) is 14.8 Å². The van der Waals surface area contributed by atoms with Crippen molar-refractivity contribution in [3.63, 3.8) is 0 Å². The molecule has 1 aromatic carbocycles. The summed E-state index contributed by atoms with van der Waals surface area (Å²) in [6.07, 6.45) is 15.3. The predicted molar refractivity (Wildman–Crippen MR) is 102 cm³/mol. The van der Waals surface area contributed by atoms with Gasteiger partial charge in [-0.1, -0.05) is 88.8 Å². The maximum atomic E-state index is 4.44. The summed E-state index contributed by atoms with van der Waals surface area (Å²) in [5.74, 6) is 1.11. The Balaban J connectivity index is 1.71. The molecule has 3 nitrogen and oxygen atoms in total. The molecule has 2 rings (SSSR count). The first kappa shape index (κ1) is 18.4. The normalized spacial score (nSPS) is 10.9. The third kappa shape index (κ3) is 6.31. The van der Waals surface area contributed by atoms with Crippen molar-refractivity contribution in [1.29, 1.82) is 0 Å². The molecule has 3 heteroatoms. The number of unbranched alkanes of at least 4 members (excludes halogenated alkanes) is 7. The second kappa shape index (κ2) is 10.8. The van der Waals surface area contributed by atoms with Crippen molar-refractivity contribution < 1.29 is 0 Å². The number of benzene rings is 1. The van der Waals surface area contributed by atoms with Crippen LogP contribution in [0.3, 0.4) is 0 Å². The zero-order valence-corrected chi connectivity index (χ0v) is 15.1. The molecular formula is C21H31N3. The van der Waals surface area contributed by atoms with Crippen LogP contribution >= 0.6 is 0 Å². The molecule has 0 aliphatic carbocycles. The molecule has 0 saturated heterocycles. The van der Waals surface area contributed by atoms with Crippen LogP contribution in [0.1, 0.15) is 75.2 Å². The third-order valence-corrected chi connectivity index (χ3v) is 4.50. The lowest BCUT2D eigenvalue weighted by atomic mass is 10.1. The maximum Gasteiger partial charge on any atom is 0.138 e. The quantitative estimate of drug-likeness (QED) is 0.472. The summed E-state index contributed by atoms with van der Waals surface area (Å²) >= 11 is 0. The molecule has 0 N–H and O–H groups in total. The summed E-state index contributed by atoms with van der Waals surface area (Å²) in [5, 5.41) is 4.39. The van der Waals surface area contributed by atoms with Gasteiger partial charge in [0.1, 0.15) is 12.2 Å². The molecule has 0 spiro atoms. The van der Waals surface area contributed by atoms with Gasteiger partial charge in [0, 0.05) is 6.42 Å². The van der Waals surface area contributed by atoms with Crippen molar-refractivity contribution in [2.75, 3.05) is 0 Å². The Hall–Kier alpha value is -1.90. The molecule has 0 atom stereocenters. The molecule has 0 amide bonds. The van der Waals surface area contributed by atoms with Crippen molar-refractivity contribution in [3.05, 3.63) is 54.1 Å².